The highest BCUT2D eigenvalue weighted by molar-refractivity contribution is 7.99. The molecule has 0 radical (unpaired) electrons. The average molecular weight is 500 g/mol. The number of anilines is 1. The van der Waals surface area contributed by atoms with Crippen molar-refractivity contribution >= 4 is 44.9 Å². The number of amides is 1. The molecule has 9 heteroatoms. The molecule has 0 bridgehead atoms. The lowest BCUT2D eigenvalue weighted by Gasteiger charge is -2.29. The highest BCUT2D eigenvalue weighted by atomic mass is 32.2. The van der Waals surface area contributed by atoms with Crippen LogP contribution < -0.4 is 15.2 Å². The van der Waals surface area contributed by atoms with Crippen molar-refractivity contribution in [3.05, 3.63) is 44.6 Å². The second-order valence-electron chi connectivity index (χ2n) is 8.67. The third-order valence-corrected chi connectivity index (χ3v) is 8.74. The summed E-state index contributed by atoms with van der Waals surface area (Å²) in [4.78, 5) is 35.6. The molecule has 0 saturated heterocycles. The van der Waals surface area contributed by atoms with Crippen LogP contribution in [0.4, 0.5) is 5.69 Å². The number of nitrogens with zero attached hydrogens (tertiary/aromatic N) is 3. The Balaban J connectivity index is 1.43. The first-order valence-electron chi connectivity index (χ1n) is 11.7. The zero-order chi connectivity index (χ0) is 23.7. The van der Waals surface area contributed by atoms with E-state index in [1.54, 1.807) is 30.1 Å². The molecule has 0 spiro atoms. The molecule has 1 aromatic carbocycles. The lowest BCUT2D eigenvalue weighted by Crippen LogP contribution is -2.37. The van der Waals surface area contributed by atoms with Crippen molar-refractivity contribution in [2.75, 3.05) is 38.0 Å². The number of carbonyl (C=O) groups is 1. The number of aryl methyl sites for hydroxylation is 3. The van der Waals surface area contributed by atoms with Crippen LogP contribution >= 0.6 is 23.1 Å². The van der Waals surface area contributed by atoms with E-state index in [9.17, 15) is 9.59 Å². The number of hydrogen-bond acceptors (Lipinski definition) is 7. The highest BCUT2D eigenvalue weighted by Crippen LogP contribution is 2.35. The number of hydrogen-bond donors (Lipinski definition) is 0. The number of aromatic nitrogens is 2. The number of ether oxygens (including phenoxy) is 2. The highest BCUT2D eigenvalue weighted by Gasteiger charge is 2.25. The molecular weight excluding hydrogens is 470 g/mol. The predicted molar refractivity (Wildman–Crippen MR) is 137 cm³/mol. The zero-order valence-corrected chi connectivity index (χ0v) is 21.2. The summed E-state index contributed by atoms with van der Waals surface area (Å²) in [5.41, 5.74) is 3.25. The van der Waals surface area contributed by atoms with Gasteiger partial charge in [-0.3, -0.25) is 14.2 Å². The molecule has 2 aromatic heterocycles. The Hall–Kier alpha value is -2.36. The second-order valence-corrected chi connectivity index (χ2v) is 10.7. The van der Waals surface area contributed by atoms with E-state index in [1.165, 1.54) is 22.2 Å². The summed E-state index contributed by atoms with van der Waals surface area (Å²) in [6.07, 6.45) is 6.09. The van der Waals surface area contributed by atoms with Crippen LogP contribution in [-0.4, -0.2) is 48.6 Å². The molecule has 1 aliphatic carbocycles. The third kappa shape index (κ3) is 4.36. The van der Waals surface area contributed by atoms with Crippen LogP contribution in [0.25, 0.3) is 10.2 Å². The lowest BCUT2D eigenvalue weighted by molar-refractivity contribution is -0.116. The molecule has 180 valence electrons. The Kier molecular flexibility index (Phi) is 6.94. The molecule has 34 heavy (non-hydrogen) atoms. The Labute approximate surface area is 207 Å². The van der Waals surface area contributed by atoms with Crippen LogP contribution in [0.5, 0.6) is 5.75 Å². The van der Waals surface area contributed by atoms with E-state index in [-0.39, 0.29) is 17.2 Å². The molecule has 0 unspecified atom stereocenters. The number of thiophene rings is 1. The van der Waals surface area contributed by atoms with E-state index in [4.69, 9.17) is 14.5 Å². The van der Waals surface area contributed by atoms with Crippen LogP contribution in [0.2, 0.25) is 0 Å². The largest absolute Gasteiger partial charge is 0.497 e. The normalized spacial score (nSPS) is 15.3. The first-order valence-corrected chi connectivity index (χ1v) is 13.5. The molecule has 2 aliphatic rings. The van der Waals surface area contributed by atoms with Crippen molar-refractivity contribution in [3.63, 3.8) is 0 Å². The van der Waals surface area contributed by atoms with Gasteiger partial charge in [0.05, 0.1) is 31.4 Å². The third-order valence-electron chi connectivity index (χ3n) is 6.59. The number of methoxy groups -OCH3 is 2. The van der Waals surface area contributed by atoms with Crippen molar-refractivity contribution in [3.8, 4) is 5.75 Å². The minimum Gasteiger partial charge on any atom is -0.497 e. The van der Waals surface area contributed by atoms with Crippen molar-refractivity contribution in [1.82, 2.24) is 9.55 Å². The van der Waals surface area contributed by atoms with Gasteiger partial charge in [0.2, 0.25) is 5.91 Å². The number of rotatable bonds is 7. The van der Waals surface area contributed by atoms with E-state index < -0.39 is 0 Å². The molecule has 5 rings (SSSR count). The number of thioether (sulfide) groups is 1. The molecule has 0 atom stereocenters. The van der Waals surface area contributed by atoms with Crippen LogP contribution in [0.3, 0.4) is 0 Å². The van der Waals surface area contributed by atoms with Crippen LogP contribution in [-0.2, 0) is 35.3 Å². The van der Waals surface area contributed by atoms with Gasteiger partial charge in [0.15, 0.2) is 5.16 Å². The van der Waals surface area contributed by atoms with E-state index in [0.717, 1.165) is 65.7 Å². The Morgan fingerprint density at radius 3 is 2.85 bits per heavy atom. The Bertz CT molecular complexity index is 1280. The van der Waals surface area contributed by atoms with E-state index >= 15 is 0 Å². The number of benzene rings is 1. The second kappa shape index (κ2) is 10.1. The molecule has 1 amide bonds. The summed E-state index contributed by atoms with van der Waals surface area (Å²) < 4.78 is 12.3. The van der Waals surface area contributed by atoms with Crippen molar-refractivity contribution in [2.24, 2.45) is 0 Å². The van der Waals surface area contributed by atoms with Crippen LogP contribution in [0.15, 0.2) is 28.2 Å². The number of carbonyl (C=O) groups excluding carboxylic acids is 1. The van der Waals surface area contributed by atoms with Gasteiger partial charge in [-0.15, -0.1) is 11.3 Å². The summed E-state index contributed by atoms with van der Waals surface area (Å²) in [7, 11) is 3.28. The van der Waals surface area contributed by atoms with Gasteiger partial charge in [0, 0.05) is 24.2 Å². The molecule has 0 N–H and O–H groups in total. The summed E-state index contributed by atoms with van der Waals surface area (Å²) in [6.45, 7) is 1.54. The topological polar surface area (TPSA) is 73.7 Å². The van der Waals surface area contributed by atoms with Gasteiger partial charge in [-0.1, -0.05) is 11.8 Å². The van der Waals surface area contributed by atoms with Crippen molar-refractivity contribution < 1.29 is 14.3 Å². The zero-order valence-electron chi connectivity index (χ0n) is 19.6. The fourth-order valence-corrected chi connectivity index (χ4v) is 7.08. The minimum absolute atomic E-state index is 0.00758. The molecular formula is C25H29N3O4S2. The SMILES string of the molecule is COCCn1c(SCC(=O)N2CCCc3cc(OC)ccc32)nc2sc3c(c2c1=O)CCCC3. The maximum atomic E-state index is 13.5. The van der Waals surface area contributed by atoms with Gasteiger partial charge < -0.3 is 14.4 Å². The van der Waals surface area contributed by atoms with E-state index in [0.29, 0.717) is 24.9 Å². The standard InChI is InChI=1S/C25H29N3O4S2/c1-31-13-12-28-24(30)22-18-7-3-4-8-20(18)34-23(22)26-25(28)33-15-21(29)27-11-5-6-16-14-17(32-2)9-10-19(16)27/h9-10,14H,3-8,11-13,15H2,1-2H3. The summed E-state index contributed by atoms with van der Waals surface area (Å²) >= 11 is 2.98. The smallest absolute Gasteiger partial charge is 0.263 e. The summed E-state index contributed by atoms with van der Waals surface area (Å²) in [5, 5.41) is 1.36. The molecule has 0 fully saturated rings. The summed E-state index contributed by atoms with van der Waals surface area (Å²) in [5.74, 6) is 1.05. The fraction of sp³-hybridized carbons (Fsp3) is 0.480. The fourth-order valence-electron chi connectivity index (χ4n) is 4.87. The number of fused-ring (bicyclic) bond motifs is 4. The van der Waals surface area contributed by atoms with Gasteiger partial charge in [0.1, 0.15) is 10.6 Å². The summed E-state index contributed by atoms with van der Waals surface area (Å²) in [6, 6.07) is 5.87. The molecule has 1 aliphatic heterocycles. The monoisotopic (exact) mass is 499 g/mol. The first-order chi connectivity index (χ1) is 16.6. The molecule has 0 saturated carbocycles. The van der Waals surface area contributed by atoms with Gasteiger partial charge in [-0.05, 0) is 67.9 Å². The Morgan fingerprint density at radius 1 is 1.18 bits per heavy atom. The molecule has 3 aromatic rings. The maximum Gasteiger partial charge on any atom is 0.263 e. The predicted octanol–water partition coefficient (Wildman–Crippen LogP) is 4.06. The first kappa shape index (κ1) is 23.4. The van der Waals surface area contributed by atoms with Crippen LogP contribution in [0.1, 0.15) is 35.3 Å². The average Bonchev–Trinajstić information content (AvgIpc) is 3.24. The van der Waals surface area contributed by atoms with Gasteiger partial charge >= 0.3 is 0 Å². The lowest BCUT2D eigenvalue weighted by atomic mass is 9.97. The van der Waals surface area contributed by atoms with Gasteiger partial charge in [0.25, 0.3) is 5.56 Å². The molecule has 3 heterocycles. The van der Waals surface area contributed by atoms with Gasteiger partial charge in [-0.25, -0.2) is 4.98 Å². The van der Waals surface area contributed by atoms with E-state index in [1.807, 2.05) is 23.1 Å². The Morgan fingerprint density at radius 2 is 2.03 bits per heavy atom. The quantitative estimate of drug-likeness (QED) is 0.361. The minimum atomic E-state index is -0.00758. The van der Waals surface area contributed by atoms with Crippen molar-refractivity contribution in [1.29, 1.82) is 0 Å². The van der Waals surface area contributed by atoms with Crippen molar-refractivity contribution in [2.45, 2.75) is 50.2 Å². The molecule has 7 nitrogen and oxygen atoms in total. The van der Waals surface area contributed by atoms with Gasteiger partial charge in [-0.2, -0.15) is 0 Å². The maximum absolute atomic E-state index is 13.5. The van der Waals surface area contributed by atoms with Crippen LogP contribution in [0, 0.1) is 0 Å². The van der Waals surface area contributed by atoms with E-state index in [2.05, 4.69) is 0 Å².